The predicted octanol–water partition coefficient (Wildman–Crippen LogP) is 2.20. The maximum Gasteiger partial charge on any atom is 0.321 e. The first-order valence-corrected chi connectivity index (χ1v) is 7.30. The van der Waals surface area contributed by atoms with Gasteiger partial charge in [0.05, 0.1) is 6.10 Å². The van der Waals surface area contributed by atoms with E-state index in [4.69, 9.17) is 4.74 Å². The maximum atomic E-state index is 11.7. The Morgan fingerprint density at radius 1 is 1.45 bits per heavy atom. The highest BCUT2D eigenvalue weighted by Gasteiger charge is 2.29. The molecular formula is C15H21N3O2. The Morgan fingerprint density at radius 3 is 3.00 bits per heavy atom. The smallest absolute Gasteiger partial charge is 0.321 e. The number of ether oxygens (including phenoxy) is 1. The van der Waals surface area contributed by atoms with Crippen molar-refractivity contribution in [3.63, 3.8) is 0 Å². The summed E-state index contributed by atoms with van der Waals surface area (Å²) in [5.74, 6) is 0. The molecule has 1 heterocycles. The second kappa shape index (κ2) is 5.71. The summed E-state index contributed by atoms with van der Waals surface area (Å²) in [6, 6.07) is 8.52. The Morgan fingerprint density at radius 2 is 2.30 bits per heavy atom. The summed E-state index contributed by atoms with van der Waals surface area (Å²) in [4.78, 5) is 13.4. The van der Waals surface area contributed by atoms with Crippen molar-refractivity contribution in [3.05, 3.63) is 24.3 Å². The standard InChI is InChI=1S/C15H21N3O2/c1-2-20-14-9-12(10-14)17-11-4-3-5-13(8-11)18-7-6-16-15(18)19/h3-5,8,12,14,17H,2,6-7,9-10H2,1H3,(H,16,19). The number of benzene rings is 1. The van der Waals surface area contributed by atoms with Crippen molar-refractivity contribution in [3.8, 4) is 0 Å². The Bertz CT molecular complexity index is 486. The van der Waals surface area contributed by atoms with Gasteiger partial charge >= 0.3 is 6.03 Å². The first-order chi connectivity index (χ1) is 9.76. The zero-order valence-electron chi connectivity index (χ0n) is 11.8. The summed E-state index contributed by atoms with van der Waals surface area (Å²) in [7, 11) is 0. The van der Waals surface area contributed by atoms with Gasteiger partial charge in [-0.2, -0.15) is 0 Å². The molecule has 108 valence electrons. The van der Waals surface area contributed by atoms with Gasteiger partial charge in [0, 0.05) is 37.1 Å². The van der Waals surface area contributed by atoms with Crippen LogP contribution in [0.25, 0.3) is 0 Å². The number of rotatable bonds is 5. The van der Waals surface area contributed by atoms with Crippen molar-refractivity contribution in [2.75, 3.05) is 29.9 Å². The van der Waals surface area contributed by atoms with Crippen LogP contribution >= 0.6 is 0 Å². The van der Waals surface area contributed by atoms with Crippen LogP contribution in [0.5, 0.6) is 0 Å². The third-order valence-corrected chi connectivity index (χ3v) is 3.88. The van der Waals surface area contributed by atoms with Crippen molar-refractivity contribution in [1.29, 1.82) is 0 Å². The summed E-state index contributed by atoms with van der Waals surface area (Å²) in [6.07, 6.45) is 2.52. The first kappa shape index (κ1) is 13.2. The minimum Gasteiger partial charge on any atom is -0.382 e. The van der Waals surface area contributed by atoms with Gasteiger partial charge in [0.1, 0.15) is 0 Å². The van der Waals surface area contributed by atoms with Crippen LogP contribution in [0.4, 0.5) is 16.2 Å². The fourth-order valence-electron chi connectivity index (χ4n) is 2.77. The van der Waals surface area contributed by atoms with Gasteiger partial charge in [-0.25, -0.2) is 4.79 Å². The molecule has 2 aliphatic rings. The molecule has 0 bridgehead atoms. The van der Waals surface area contributed by atoms with Crippen molar-refractivity contribution in [2.45, 2.75) is 31.9 Å². The molecule has 1 aliphatic heterocycles. The molecule has 0 aromatic heterocycles. The lowest BCUT2D eigenvalue weighted by molar-refractivity contribution is 0.00299. The number of anilines is 2. The van der Waals surface area contributed by atoms with Crippen LogP contribution < -0.4 is 15.5 Å². The van der Waals surface area contributed by atoms with Crippen LogP contribution in [0.1, 0.15) is 19.8 Å². The maximum absolute atomic E-state index is 11.7. The quantitative estimate of drug-likeness (QED) is 0.866. The van der Waals surface area contributed by atoms with Gasteiger partial charge in [-0.05, 0) is 38.0 Å². The van der Waals surface area contributed by atoms with Crippen molar-refractivity contribution >= 4 is 17.4 Å². The van der Waals surface area contributed by atoms with E-state index in [0.717, 1.165) is 43.9 Å². The zero-order valence-corrected chi connectivity index (χ0v) is 11.8. The van der Waals surface area contributed by atoms with E-state index in [1.54, 1.807) is 4.90 Å². The van der Waals surface area contributed by atoms with E-state index in [9.17, 15) is 4.79 Å². The molecule has 5 nitrogen and oxygen atoms in total. The molecule has 3 rings (SSSR count). The van der Waals surface area contributed by atoms with Crippen molar-refractivity contribution in [2.24, 2.45) is 0 Å². The summed E-state index contributed by atoms with van der Waals surface area (Å²) in [5, 5.41) is 6.33. The van der Waals surface area contributed by atoms with Crippen molar-refractivity contribution in [1.82, 2.24) is 5.32 Å². The highest BCUT2D eigenvalue weighted by Crippen LogP contribution is 2.28. The second-order valence-corrected chi connectivity index (χ2v) is 5.32. The molecule has 1 aliphatic carbocycles. The minimum absolute atomic E-state index is 0.0118. The molecule has 1 aromatic carbocycles. The van der Waals surface area contributed by atoms with Gasteiger partial charge in [0.15, 0.2) is 0 Å². The molecule has 1 aromatic rings. The Hall–Kier alpha value is -1.75. The second-order valence-electron chi connectivity index (χ2n) is 5.32. The molecule has 2 N–H and O–H groups in total. The van der Waals surface area contributed by atoms with Crippen molar-refractivity contribution < 1.29 is 9.53 Å². The molecule has 0 unspecified atom stereocenters. The minimum atomic E-state index is -0.0118. The normalized spacial score (nSPS) is 25.2. The van der Waals surface area contributed by atoms with Crippen LogP contribution in [-0.2, 0) is 4.74 Å². The van der Waals surface area contributed by atoms with E-state index in [0.29, 0.717) is 12.1 Å². The molecule has 2 fully saturated rings. The van der Waals surface area contributed by atoms with E-state index in [2.05, 4.69) is 10.6 Å². The van der Waals surface area contributed by atoms with Gasteiger partial charge in [-0.1, -0.05) is 6.07 Å². The van der Waals surface area contributed by atoms with E-state index >= 15 is 0 Å². The van der Waals surface area contributed by atoms with E-state index < -0.39 is 0 Å². The molecule has 0 spiro atoms. The topological polar surface area (TPSA) is 53.6 Å². The number of amides is 2. The predicted molar refractivity (Wildman–Crippen MR) is 79.2 cm³/mol. The molecule has 0 atom stereocenters. The van der Waals surface area contributed by atoms with Crippen LogP contribution in [0.15, 0.2) is 24.3 Å². The lowest BCUT2D eigenvalue weighted by Crippen LogP contribution is -2.40. The summed E-state index contributed by atoms with van der Waals surface area (Å²) in [5.41, 5.74) is 2.02. The first-order valence-electron chi connectivity index (χ1n) is 7.30. The molecule has 5 heteroatoms. The van der Waals surface area contributed by atoms with Gasteiger partial charge in [-0.15, -0.1) is 0 Å². The Kier molecular flexibility index (Phi) is 3.78. The zero-order chi connectivity index (χ0) is 13.9. The van der Waals surface area contributed by atoms with Crippen LogP contribution in [-0.4, -0.2) is 37.9 Å². The average Bonchev–Trinajstić information content (AvgIpc) is 2.83. The molecule has 0 radical (unpaired) electrons. The van der Waals surface area contributed by atoms with Gasteiger partial charge in [0.2, 0.25) is 0 Å². The monoisotopic (exact) mass is 275 g/mol. The Balaban J connectivity index is 1.59. The van der Waals surface area contributed by atoms with Crippen LogP contribution in [0.3, 0.4) is 0 Å². The third kappa shape index (κ3) is 2.72. The van der Waals surface area contributed by atoms with E-state index in [1.165, 1.54) is 0 Å². The highest BCUT2D eigenvalue weighted by molar-refractivity contribution is 5.94. The average molecular weight is 275 g/mol. The lowest BCUT2D eigenvalue weighted by atomic mass is 9.89. The van der Waals surface area contributed by atoms with Gasteiger partial charge in [0.25, 0.3) is 0 Å². The summed E-state index contributed by atoms with van der Waals surface area (Å²) >= 11 is 0. The summed E-state index contributed by atoms with van der Waals surface area (Å²) < 4.78 is 5.56. The molecule has 2 amide bonds. The number of hydrogen-bond acceptors (Lipinski definition) is 3. The van der Waals surface area contributed by atoms with Gasteiger partial charge < -0.3 is 15.4 Å². The van der Waals surface area contributed by atoms with E-state index in [-0.39, 0.29) is 6.03 Å². The number of hydrogen-bond donors (Lipinski definition) is 2. The number of carbonyl (C=O) groups is 1. The largest absolute Gasteiger partial charge is 0.382 e. The number of nitrogens with zero attached hydrogens (tertiary/aromatic N) is 1. The van der Waals surface area contributed by atoms with Crippen LogP contribution in [0, 0.1) is 0 Å². The fraction of sp³-hybridized carbons (Fsp3) is 0.533. The molecular weight excluding hydrogens is 254 g/mol. The van der Waals surface area contributed by atoms with Crippen LogP contribution in [0.2, 0.25) is 0 Å². The molecule has 1 saturated carbocycles. The molecule has 1 saturated heterocycles. The number of urea groups is 1. The highest BCUT2D eigenvalue weighted by atomic mass is 16.5. The van der Waals surface area contributed by atoms with Gasteiger partial charge in [-0.3, -0.25) is 4.90 Å². The number of nitrogens with one attached hydrogen (secondary N) is 2. The lowest BCUT2D eigenvalue weighted by Gasteiger charge is -2.36. The third-order valence-electron chi connectivity index (χ3n) is 3.88. The SMILES string of the molecule is CCOC1CC(Nc2cccc(N3CCNC3=O)c2)C1. The number of carbonyl (C=O) groups excluding carboxylic acids is 1. The Labute approximate surface area is 119 Å². The fourth-order valence-corrected chi connectivity index (χ4v) is 2.77. The molecule has 20 heavy (non-hydrogen) atoms. The van der Waals surface area contributed by atoms with E-state index in [1.807, 2.05) is 31.2 Å². The summed E-state index contributed by atoms with van der Waals surface area (Å²) in [6.45, 7) is 4.27.